The van der Waals surface area contributed by atoms with Crippen LogP contribution >= 0.6 is 11.6 Å². The number of carbonyl (C=O) groups is 1. The van der Waals surface area contributed by atoms with Crippen LogP contribution in [-0.2, 0) is 0 Å². The van der Waals surface area contributed by atoms with Crippen LogP contribution in [0.25, 0.3) is 22.2 Å². The molecule has 2 aromatic carbocycles. The van der Waals surface area contributed by atoms with E-state index in [1.807, 2.05) is 42.5 Å². The zero-order chi connectivity index (χ0) is 14.8. The maximum Gasteiger partial charge on any atom is 0.253 e. The summed E-state index contributed by atoms with van der Waals surface area (Å²) in [6.45, 7) is 0. The Morgan fingerprint density at radius 3 is 2.52 bits per heavy atom. The van der Waals surface area contributed by atoms with Crippen LogP contribution in [0.4, 0.5) is 0 Å². The van der Waals surface area contributed by atoms with Gasteiger partial charge in [0.25, 0.3) is 5.24 Å². The van der Waals surface area contributed by atoms with Crippen LogP contribution in [0.1, 0.15) is 10.4 Å². The van der Waals surface area contributed by atoms with Gasteiger partial charge in [-0.25, -0.2) is 4.98 Å². The van der Waals surface area contributed by atoms with E-state index in [1.165, 1.54) is 0 Å². The number of fused-ring (bicyclic) bond motifs is 1. The summed E-state index contributed by atoms with van der Waals surface area (Å²) in [6, 6.07) is 16.8. The first-order chi connectivity index (χ1) is 10.2. The van der Waals surface area contributed by atoms with Crippen LogP contribution in [0, 0.1) is 0 Å². The molecule has 0 saturated carbocycles. The Balaban J connectivity index is 2.29. The molecule has 0 aliphatic carbocycles. The molecule has 0 fully saturated rings. The Hall–Kier alpha value is -2.39. The van der Waals surface area contributed by atoms with Crippen molar-refractivity contribution in [1.29, 1.82) is 0 Å². The van der Waals surface area contributed by atoms with Gasteiger partial charge in [0.15, 0.2) is 0 Å². The van der Waals surface area contributed by atoms with Crippen molar-refractivity contribution >= 4 is 27.7 Å². The number of pyridine rings is 1. The minimum atomic E-state index is -0.507. The zero-order valence-electron chi connectivity index (χ0n) is 11.3. The van der Waals surface area contributed by atoms with Crippen molar-refractivity contribution in [3.05, 3.63) is 60.2 Å². The Morgan fingerprint density at radius 2 is 1.86 bits per heavy atom. The van der Waals surface area contributed by atoms with Gasteiger partial charge < -0.3 is 4.74 Å². The molecule has 0 N–H and O–H groups in total. The van der Waals surface area contributed by atoms with Crippen molar-refractivity contribution in [2.24, 2.45) is 0 Å². The molecule has 1 aromatic heterocycles. The minimum Gasteiger partial charge on any atom is -0.497 e. The number of hydrogen-bond acceptors (Lipinski definition) is 3. The summed E-state index contributed by atoms with van der Waals surface area (Å²) < 4.78 is 5.19. The third-order valence-electron chi connectivity index (χ3n) is 3.30. The molecule has 0 amide bonds. The smallest absolute Gasteiger partial charge is 0.253 e. The van der Waals surface area contributed by atoms with E-state index < -0.39 is 5.24 Å². The van der Waals surface area contributed by atoms with E-state index in [0.29, 0.717) is 22.2 Å². The van der Waals surface area contributed by atoms with Crippen LogP contribution in [0.5, 0.6) is 5.75 Å². The van der Waals surface area contributed by atoms with Gasteiger partial charge in [-0.3, -0.25) is 4.79 Å². The van der Waals surface area contributed by atoms with E-state index in [4.69, 9.17) is 16.3 Å². The van der Waals surface area contributed by atoms with Gasteiger partial charge >= 0.3 is 0 Å². The lowest BCUT2D eigenvalue weighted by molar-refractivity contribution is 0.108. The molecule has 4 heteroatoms. The topological polar surface area (TPSA) is 39.2 Å². The van der Waals surface area contributed by atoms with Gasteiger partial charge in [0.1, 0.15) is 5.75 Å². The van der Waals surface area contributed by atoms with Gasteiger partial charge in [-0.1, -0.05) is 30.3 Å². The van der Waals surface area contributed by atoms with Gasteiger partial charge in [-0.15, -0.1) is 0 Å². The molecular weight excluding hydrogens is 286 g/mol. The second-order valence-corrected chi connectivity index (χ2v) is 4.92. The molecule has 0 radical (unpaired) electrons. The Labute approximate surface area is 127 Å². The fourth-order valence-electron chi connectivity index (χ4n) is 2.25. The third-order valence-corrected chi connectivity index (χ3v) is 3.50. The molecule has 21 heavy (non-hydrogen) atoms. The average Bonchev–Trinajstić information content (AvgIpc) is 2.54. The highest BCUT2D eigenvalue weighted by Gasteiger charge is 2.13. The summed E-state index contributed by atoms with van der Waals surface area (Å²) in [5.41, 5.74) is 2.80. The monoisotopic (exact) mass is 297 g/mol. The van der Waals surface area contributed by atoms with Crippen molar-refractivity contribution in [3.63, 3.8) is 0 Å². The fraction of sp³-hybridized carbons (Fsp3) is 0.0588. The van der Waals surface area contributed by atoms with Crippen molar-refractivity contribution in [2.75, 3.05) is 7.11 Å². The Bertz CT molecular complexity index is 816. The number of hydrogen-bond donors (Lipinski definition) is 0. The maximum atomic E-state index is 11.7. The predicted octanol–water partition coefficient (Wildman–Crippen LogP) is 4.29. The lowest BCUT2D eigenvalue weighted by Crippen LogP contribution is -1.96. The molecule has 0 saturated heterocycles. The molecular formula is C17H12ClNO2. The number of halogens is 1. The first kappa shape index (κ1) is 13.6. The molecule has 0 atom stereocenters. The number of aromatic nitrogens is 1. The van der Waals surface area contributed by atoms with E-state index in [-0.39, 0.29) is 0 Å². The summed E-state index contributed by atoms with van der Waals surface area (Å²) in [5.74, 6) is 0.663. The summed E-state index contributed by atoms with van der Waals surface area (Å²) in [4.78, 5) is 16.3. The van der Waals surface area contributed by atoms with Crippen LogP contribution in [0.2, 0.25) is 0 Å². The second kappa shape index (κ2) is 5.54. The molecule has 0 bridgehead atoms. The van der Waals surface area contributed by atoms with E-state index in [1.54, 1.807) is 19.2 Å². The van der Waals surface area contributed by atoms with Crippen molar-refractivity contribution in [3.8, 4) is 17.0 Å². The van der Waals surface area contributed by atoms with Crippen molar-refractivity contribution in [1.82, 2.24) is 4.98 Å². The van der Waals surface area contributed by atoms with Gasteiger partial charge in [-0.2, -0.15) is 0 Å². The number of nitrogens with zero attached hydrogens (tertiary/aromatic N) is 1. The van der Waals surface area contributed by atoms with E-state index in [0.717, 1.165) is 11.3 Å². The lowest BCUT2D eigenvalue weighted by atomic mass is 10.0. The number of benzene rings is 2. The van der Waals surface area contributed by atoms with Crippen molar-refractivity contribution in [2.45, 2.75) is 0 Å². The Kier molecular flexibility index (Phi) is 3.59. The standard InChI is InChI=1S/C17H12ClNO2/c1-21-12-7-8-15-13(9-12)14(17(18)20)10-16(19-15)11-5-3-2-4-6-11/h2-10H,1H3. The number of methoxy groups -OCH3 is 1. The molecule has 0 unspecified atom stereocenters. The average molecular weight is 298 g/mol. The second-order valence-electron chi connectivity index (χ2n) is 4.58. The number of rotatable bonds is 3. The highest BCUT2D eigenvalue weighted by Crippen LogP contribution is 2.28. The first-order valence-corrected chi connectivity index (χ1v) is 6.81. The lowest BCUT2D eigenvalue weighted by Gasteiger charge is -2.08. The predicted molar refractivity (Wildman–Crippen MR) is 83.9 cm³/mol. The molecule has 0 aliphatic heterocycles. The van der Waals surface area contributed by atoms with Gasteiger partial charge in [0, 0.05) is 16.5 Å². The summed E-state index contributed by atoms with van der Waals surface area (Å²) in [7, 11) is 1.58. The SMILES string of the molecule is COc1ccc2nc(-c3ccccc3)cc(C(=O)Cl)c2c1. The largest absolute Gasteiger partial charge is 0.497 e. The molecule has 3 nitrogen and oxygen atoms in total. The number of ether oxygens (including phenoxy) is 1. The normalized spacial score (nSPS) is 10.6. The quantitative estimate of drug-likeness (QED) is 0.677. The summed E-state index contributed by atoms with van der Waals surface area (Å²) in [6.07, 6.45) is 0. The molecule has 0 aliphatic rings. The summed E-state index contributed by atoms with van der Waals surface area (Å²) >= 11 is 5.73. The van der Waals surface area contributed by atoms with Crippen molar-refractivity contribution < 1.29 is 9.53 Å². The van der Waals surface area contributed by atoms with Crippen LogP contribution in [-0.4, -0.2) is 17.3 Å². The third kappa shape index (κ3) is 2.60. The van der Waals surface area contributed by atoms with E-state index in [9.17, 15) is 4.79 Å². The minimum absolute atomic E-state index is 0.430. The fourth-order valence-corrected chi connectivity index (χ4v) is 2.41. The van der Waals surface area contributed by atoms with Gasteiger partial charge in [0.2, 0.25) is 0 Å². The Morgan fingerprint density at radius 1 is 1.10 bits per heavy atom. The van der Waals surface area contributed by atoms with E-state index in [2.05, 4.69) is 4.98 Å². The molecule has 1 heterocycles. The molecule has 0 spiro atoms. The van der Waals surface area contributed by atoms with Gasteiger partial charge in [-0.05, 0) is 35.9 Å². The highest BCUT2D eigenvalue weighted by atomic mass is 35.5. The molecule has 3 aromatic rings. The zero-order valence-corrected chi connectivity index (χ0v) is 12.1. The highest BCUT2D eigenvalue weighted by molar-refractivity contribution is 6.68. The molecule has 104 valence electrons. The summed E-state index contributed by atoms with van der Waals surface area (Å²) in [5, 5.41) is 0.182. The number of carbonyl (C=O) groups excluding carboxylic acids is 1. The first-order valence-electron chi connectivity index (χ1n) is 6.43. The van der Waals surface area contributed by atoms with Crippen LogP contribution in [0.3, 0.4) is 0 Å². The van der Waals surface area contributed by atoms with Crippen LogP contribution < -0.4 is 4.74 Å². The van der Waals surface area contributed by atoms with Gasteiger partial charge in [0.05, 0.1) is 18.3 Å². The maximum absolute atomic E-state index is 11.7. The molecule has 3 rings (SSSR count). The van der Waals surface area contributed by atoms with E-state index >= 15 is 0 Å². The van der Waals surface area contributed by atoms with Crippen LogP contribution in [0.15, 0.2) is 54.6 Å².